The maximum absolute atomic E-state index is 5.32. The fourth-order valence-corrected chi connectivity index (χ4v) is 2.93. The highest BCUT2D eigenvalue weighted by atomic mass is 16.5. The van der Waals surface area contributed by atoms with Gasteiger partial charge in [0.15, 0.2) is 0 Å². The Morgan fingerprint density at radius 2 is 2.26 bits per heavy atom. The van der Waals surface area contributed by atoms with E-state index < -0.39 is 0 Å². The third-order valence-electron chi connectivity index (χ3n) is 4.08. The number of aromatic nitrogens is 1. The molecule has 1 N–H and O–H groups in total. The van der Waals surface area contributed by atoms with Crippen LogP contribution in [0.25, 0.3) is 0 Å². The Kier molecular flexibility index (Phi) is 3.71. The van der Waals surface area contributed by atoms with Crippen molar-refractivity contribution in [2.24, 2.45) is 5.92 Å². The summed E-state index contributed by atoms with van der Waals surface area (Å²) >= 11 is 0. The van der Waals surface area contributed by atoms with Crippen molar-refractivity contribution in [1.82, 2.24) is 15.2 Å². The second kappa shape index (κ2) is 5.47. The van der Waals surface area contributed by atoms with Gasteiger partial charge in [0.2, 0.25) is 0 Å². The van der Waals surface area contributed by atoms with Crippen molar-refractivity contribution in [3.63, 3.8) is 0 Å². The molecule has 1 aromatic rings. The predicted octanol–water partition coefficient (Wildman–Crippen LogP) is 1.58. The summed E-state index contributed by atoms with van der Waals surface area (Å²) in [5.41, 5.74) is 2.15. The Bertz CT molecular complexity index is 445. The molecule has 1 saturated carbocycles. The summed E-state index contributed by atoms with van der Waals surface area (Å²) in [6.45, 7) is 6.33. The van der Waals surface area contributed by atoms with Gasteiger partial charge in [-0.2, -0.15) is 0 Å². The van der Waals surface area contributed by atoms with E-state index in [1.54, 1.807) is 7.11 Å². The van der Waals surface area contributed by atoms with Crippen LogP contribution in [0.4, 0.5) is 0 Å². The van der Waals surface area contributed by atoms with E-state index in [1.807, 2.05) is 13.0 Å². The normalized spacial score (nSPS) is 24.4. The molecule has 0 aromatic carbocycles. The standard InChI is InChI=1S/C15H23N3O/c1-11-7-14(19-2)8-13(17-11)9-18-6-5-16-15(10-18)12-3-4-12/h7-8,12,15-16H,3-6,9-10H2,1-2H3. The smallest absolute Gasteiger partial charge is 0.122 e. The van der Waals surface area contributed by atoms with Crippen LogP contribution in [0, 0.1) is 12.8 Å². The number of ether oxygens (including phenoxy) is 1. The maximum Gasteiger partial charge on any atom is 0.122 e. The van der Waals surface area contributed by atoms with E-state index in [0.717, 1.165) is 49.2 Å². The highest BCUT2D eigenvalue weighted by Gasteiger charge is 2.33. The molecule has 1 unspecified atom stereocenters. The summed E-state index contributed by atoms with van der Waals surface area (Å²) in [5, 5.41) is 3.64. The second-order valence-electron chi connectivity index (χ2n) is 5.77. The van der Waals surface area contributed by atoms with Crippen LogP contribution in [0.3, 0.4) is 0 Å². The van der Waals surface area contributed by atoms with Crippen molar-refractivity contribution in [3.8, 4) is 5.75 Å². The molecule has 19 heavy (non-hydrogen) atoms. The molecular weight excluding hydrogens is 238 g/mol. The highest BCUT2D eigenvalue weighted by Crippen LogP contribution is 2.33. The van der Waals surface area contributed by atoms with Crippen molar-refractivity contribution < 1.29 is 4.74 Å². The van der Waals surface area contributed by atoms with Gasteiger partial charge in [-0.3, -0.25) is 9.88 Å². The molecule has 2 heterocycles. The van der Waals surface area contributed by atoms with Gasteiger partial charge in [0.25, 0.3) is 0 Å². The van der Waals surface area contributed by atoms with E-state index in [0.29, 0.717) is 6.04 Å². The summed E-state index contributed by atoms with van der Waals surface area (Å²) in [4.78, 5) is 7.13. The molecule has 1 saturated heterocycles. The molecule has 0 bridgehead atoms. The number of hydrogen-bond donors (Lipinski definition) is 1. The van der Waals surface area contributed by atoms with Crippen molar-refractivity contribution in [1.29, 1.82) is 0 Å². The maximum atomic E-state index is 5.32. The Morgan fingerprint density at radius 3 is 3.00 bits per heavy atom. The van der Waals surface area contributed by atoms with Crippen LogP contribution in [0.15, 0.2) is 12.1 Å². The summed E-state index contributed by atoms with van der Waals surface area (Å²) in [7, 11) is 1.71. The van der Waals surface area contributed by atoms with Gasteiger partial charge in [-0.15, -0.1) is 0 Å². The molecule has 1 aliphatic heterocycles. The molecule has 104 valence electrons. The lowest BCUT2D eigenvalue weighted by Crippen LogP contribution is -2.51. The topological polar surface area (TPSA) is 37.4 Å². The highest BCUT2D eigenvalue weighted by molar-refractivity contribution is 5.26. The third kappa shape index (κ3) is 3.25. The first-order valence-electron chi connectivity index (χ1n) is 7.22. The third-order valence-corrected chi connectivity index (χ3v) is 4.08. The number of nitrogens with one attached hydrogen (secondary N) is 1. The number of hydrogen-bond acceptors (Lipinski definition) is 4. The van der Waals surface area contributed by atoms with Gasteiger partial charge in [-0.1, -0.05) is 0 Å². The van der Waals surface area contributed by atoms with E-state index in [2.05, 4.69) is 21.3 Å². The zero-order chi connectivity index (χ0) is 13.2. The average Bonchev–Trinajstić information content (AvgIpc) is 3.22. The van der Waals surface area contributed by atoms with Crippen LogP contribution in [0.5, 0.6) is 5.75 Å². The van der Waals surface area contributed by atoms with Gasteiger partial charge >= 0.3 is 0 Å². The van der Waals surface area contributed by atoms with E-state index in [4.69, 9.17) is 4.74 Å². The first-order valence-corrected chi connectivity index (χ1v) is 7.22. The Morgan fingerprint density at radius 1 is 1.42 bits per heavy atom. The van der Waals surface area contributed by atoms with E-state index in [9.17, 15) is 0 Å². The zero-order valence-electron chi connectivity index (χ0n) is 11.9. The van der Waals surface area contributed by atoms with Crippen LogP contribution in [-0.2, 0) is 6.54 Å². The second-order valence-corrected chi connectivity index (χ2v) is 5.77. The summed E-state index contributed by atoms with van der Waals surface area (Å²) in [6.07, 6.45) is 2.81. The number of aryl methyl sites for hydroxylation is 1. The van der Waals surface area contributed by atoms with Gasteiger partial charge in [-0.05, 0) is 25.7 Å². The van der Waals surface area contributed by atoms with Crippen molar-refractivity contribution in [3.05, 3.63) is 23.5 Å². The van der Waals surface area contributed by atoms with Crippen LogP contribution >= 0.6 is 0 Å². The number of rotatable bonds is 4. The average molecular weight is 261 g/mol. The molecule has 0 spiro atoms. The molecule has 0 amide bonds. The molecule has 1 aromatic heterocycles. The lowest BCUT2D eigenvalue weighted by atomic mass is 10.1. The van der Waals surface area contributed by atoms with E-state index >= 15 is 0 Å². The van der Waals surface area contributed by atoms with Crippen LogP contribution in [-0.4, -0.2) is 42.7 Å². The minimum absolute atomic E-state index is 0.695. The molecule has 0 radical (unpaired) electrons. The molecule has 2 aliphatic rings. The van der Waals surface area contributed by atoms with E-state index in [1.165, 1.54) is 12.8 Å². The summed E-state index contributed by atoms with van der Waals surface area (Å²) in [6, 6.07) is 4.73. The minimum Gasteiger partial charge on any atom is -0.497 e. The summed E-state index contributed by atoms with van der Waals surface area (Å²) < 4.78 is 5.32. The van der Waals surface area contributed by atoms with Crippen LogP contribution < -0.4 is 10.1 Å². The fraction of sp³-hybridized carbons (Fsp3) is 0.667. The number of pyridine rings is 1. The molecule has 4 heteroatoms. The minimum atomic E-state index is 0.695. The van der Waals surface area contributed by atoms with Crippen molar-refractivity contribution in [2.45, 2.75) is 32.4 Å². The van der Waals surface area contributed by atoms with Crippen LogP contribution in [0.2, 0.25) is 0 Å². The van der Waals surface area contributed by atoms with Gasteiger partial charge in [0, 0.05) is 50.0 Å². The van der Waals surface area contributed by atoms with Gasteiger partial charge in [-0.25, -0.2) is 0 Å². The molecular formula is C15H23N3O. The van der Waals surface area contributed by atoms with Crippen molar-refractivity contribution in [2.75, 3.05) is 26.7 Å². The zero-order valence-corrected chi connectivity index (χ0v) is 11.9. The molecule has 3 rings (SSSR count). The first kappa shape index (κ1) is 12.9. The first-order chi connectivity index (χ1) is 9.24. The predicted molar refractivity (Wildman–Crippen MR) is 75.3 cm³/mol. The molecule has 1 aliphatic carbocycles. The van der Waals surface area contributed by atoms with Gasteiger partial charge in [0.05, 0.1) is 12.8 Å². The fourth-order valence-electron chi connectivity index (χ4n) is 2.93. The SMILES string of the molecule is COc1cc(C)nc(CN2CCNC(C3CC3)C2)c1. The van der Waals surface area contributed by atoms with Crippen LogP contribution in [0.1, 0.15) is 24.2 Å². The van der Waals surface area contributed by atoms with E-state index in [-0.39, 0.29) is 0 Å². The molecule has 1 atom stereocenters. The summed E-state index contributed by atoms with van der Waals surface area (Å²) in [5.74, 6) is 1.83. The van der Waals surface area contributed by atoms with Crippen molar-refractivity contribution >= 4 is 0 Å². The molecule has 4 nitrogen and oxygen atoms in total. The monoisotopic (exact) mass is 261 g/mol. The Balaban J connectivity index is 1.65. The lowest BCUT2D eigenvalue weighted by Gasteiger charge is -2.33. The number of nitrogens with zero attached hydrogens (tertiary/aromatic N) is 2. The molecule has 2 fully saturated rings. The Labute approximate surface area is 115 Å². The van der Waals surface area contributed by atoms with Gasteiger partial charge in [0.1, 0.15) is 5.75 Å². The van der Waals surface area contributed by atoms with Gasteiger partial charge < -0.3 is 10.1 Å². The Hall–Kier alpha value is -1.13. The largest absolute Gasteiger partial charge is 0.497 e. The number of piperazine rings is 1. The quantitative estimate of drug-likeness (QED) is 0.893. The number of methoxy groups -OCH3 is 1. The lowest BCUT2D eigenvalue weighted by molar-refractivity contribution is 0.179.